The summed E-state index contributed by atoms with van der Waals surface area (Å²) in [7, 11) is 0. The van der Waals surface area contributed by atoms with Gasteiger partial charge in [0.2, 0.25) is 0 Å². The minimum absolute atomic E-state index is 0.301. The zero-order chi connectivity index (χ0) is 22.1. The number of fused-ring (bicyclic) bond motifs is 1. The number of nitrogens with zero attached hydrogens (tertiary/aromatic N) is 1. The van der Waals surface area contributed by atoms with E-state index in [-0.39, 0.29) is 6.09 Å². The molecule has 162 valence electrons. The number of hydrogen-bond donors (Lipinski definition) is 0. The lowest BCUT2D eigenvalue weighted by Gasteiger charge is -2.32. The fourth-order valence-corrected chi connectivity index (χ4v) is 4.23. The Hall–Kier alpha value is -2.56. The molecule has 5 heteroatoms. The highest BCUT2D eigenvalue weighted by Gasteiger charge is 2.44. The Morgan fingerprint density at radius 2 is 1.74 bits per heavy atom. The van der Waals surface area contributed by atoms with Gasteiger partial charge in [0.1, 0.15) is 11.2 Å². The average Bonchev–Trinajstić information content (AvgIpc) is 3.18. The lowest BCUT2D eigenvalue weighted by atomic mass is 9.88. The number of benzene rings is 3. The SMILES string of the molecule is CC(C)(C)OC(=O)N1CCC(OCc2ccc(Cl)cc2)(c2cccc3ccccc23)C1. The van der Waals surface area contributed by atoms with Crippen LogP contribution >= 0.6 is 11.6 Å². The maximum atomic E-state index is 12.8. The van der Waals surface area contributed by atoms with Gasteiger partial charge in [-0.3, -0.25) is 0 Å². The molecule has 1 fully saturated rings. The Labute approximate surface area is 188 Å². The predicted octanol–water partition coefficient (Wildman–Crippen LogP) is 6.55. The number of likely N-dealkylation sites (tertiary alicyclic amines) is 1. The third-order valence-electron chi connectivity index (χ3n) is 5.59. The number of hydrogen-bond acceptors (Lipinski definition) is 3. The molecule has 31 heavy (non-hydrogen) atoms. The van der Waals surface area contributed by atoms with Crippen molar-refractivity contribution in [2.75, 3.05) is 13.1 Å². The van der Waals surface area contributed by atoms with Gasteiger partial charge >= 0.3 is 6.09 Å². The van der Waals surface area contributed by atoms with Crippen LogP contribution in [0, 0.1) is 0 Å². The zero-order valence-corrected chi connectivity index (χ0v) is 19.0. The number of ether oxygens (including phenoxy) is 2. The minimum Gasteiger partial charge on any atom is -0.444 e. The van der Waals surface area contributed by atoms with Crippen molar-refractivity contribution in [3.05, 3.63) is 82.9 Å². The van der Waals surface area contributed by atoms with Crippen molar-refractivity contribution in [3.8, 4) is 0 Å². The smallest absolute Gasteiger partial charge is 0.410 e. The number of rotatable bonds is 4. The van der Waals surface area contributed by atoms with Gasteiger partial charge in [-0.15, -0.1) is 0 Å². The largest absolute Gasteiger partial charge is 0.444 e. The summed E-state index contributed by atoms with van der Waals surface area (Å²) in [5.41, 5.74) is 0.994. The Balaban J connectivity index is 1.67. The number of halogens is 1. The van der Waals surface area contributed by atoms with Crippen molar-refractivity contribution < 1.29 is 14.3 Å². The van der Waals surface area contributed by atoms with Crippen LogP contribution in [0.3, 0.4) is 0 Å². The van der Waals surface area contributed by atoms with Crippen LogP contribution in [0.1, 0.15) is 38.3 Å². The third kappa shape index (κ3) is 4.86. The summed E-state index contributed by atoms with van der Waals surface area (Å²) in [6.45, 7) is 7.12. The standard InChI is InChI=1S/C26H28ClNO3/c1-25(2,3)31-24(29)28-16-15-26(18-28,30-17-19-11-13-21(27)14-12-19)23-10-6-8-20-7-4-5-9-22(20)23/h4-14H,15-18H2,1-3H3. The molecule has 3 aromatic rings. The van der Waals surface area contributed by atoms with E-state index in [1.54, 1.807) is 4.90 Å². The summed E-state index contributed by atoms with van der Waals surface area (Å²) in [5.74, 6) is 0. The van der Waals surface area contributed by atoms with E-state index in [9.17, 15) is 4.79 Å². The molecule has 0 spiro atoms. The highest BCUT2D eigenvalue weighted by molar-refractivity contribution is 6.30. The second-order valence-electron chi connectivity index (χ2n) is 9.09. The molecular weight excluding hydrogens is 410 g/mol. The lowest BCUT2D eigenvalue weighted by molar-refractivity contribution is -0.0544. The van der Waals surface area contributed by atoms with Gasteiger partial charge in [-0.05, 0) is 54.8 Å². The molecule has 0 N–H and O–H groups in total. The van der Waals surface area contributed by atoms with Gasteiger partial charge in [0.25, 0.3) is 0 Å². The van der Waals surface area contributed by atoms with Crippen molar-refractivity contribution in [2.45, 2.75) is 45.0 Å². The van der Waals surface area contributed by atoms with E-state index in [4.69, 9.17) is 21.1 Å². The van der Waals surface area contributed by atoms with Crippen LogP contribution in [0.4, 0.5) is 4.79 Å². The van der Waals surface area contributed by atoms with E-state index in [0.717, 1.165) is 21.9 Å². The molecule has 1 aliphatic heterocycles. The molecule has 4 nitrogen and oxygen atoms in total. The van der Waals surface area contributed by atoms with Crippen molar-refractivity contribution in [1.29, 1.82) is 0 Å². The first-order valence-electron chi connectivity index (χ1n) is 10.6. The van der Waals surface area contributed by atoms with Gasteiger partial charge < -0.3 is 14.4 Å². The molecule has 3 aromatic carbocycles. The van der Waals surface area contributed by atoms with Gasteiger partial charge in [0.15, 0.2) is 0 Å². The van der Waals surface area contributed by atoms with E-state index in [2.05, 4.69) is 30.3 Å². The lowest BCUT2D eigenvalue weighted by Crippen LogP contribution is -2.39. The van der Waals surface area contributed by atoms with Crippen LogP contribution in [-0.2, 0) is 21.7 Å². The van der Waals surface area contributed by atoms with Crippen molar-refractivity contribution >= 4 is 28.5 Å². The first-order valence-corrected chi connectivity index (χ1v) is 11.0. The summed E-state index contributed by atoms with van der Waals surface area (Å²) < 4.78 is 12.3. The molecule has 0 aromatic heterocycles. The molecule has 0 radical (unpaired) electrons. The summed E-state index contributed by atoms with van der Waals surface area (Å²) in [5, 5.41) is 3.00. The summed E-state index contributed by atoms with van der Waals surface area (Å²) in [6.07, 6.45) is 0.401. The molecule has 0 bridgehead atoms. The Kier molecular flexibility index (Phi) is 5.96. The fraction of sp³-hybridized carbons (Fsp3) is 0.346. The molecule has 1 saturated heterocycles. The van der Waals surface area contributed by atoms with E-state index < -0.39 is 11.2 Å². The second kappa shape index (κ2) is 8.52. The molecule has 0 saturated carbocycles. The monoisotopic (exact) mass is 437 g/mol. The maximum Gasteiger partial charge on any atom is 0.410 e. The van der Waals surface area contributed by atoms with Crippen LogP contribution in [0.2, 0.25) is 5.02 Å². The van der Waals surface area contributed by atoms with Gasteiger partial charge in [-0.25, -0.2) is 4.79 Å². The Bertz CT molecular complexity index is 1070. The molecular formula is C26H28ClNO3. The highest BCUT2D eigenvalue weighted by atomic mass is 35.5. The average molecular weight is 438 g/mol. The molecule has 1 aliphatic rings. The van der Waals surface area contributed by atoms with Crippen molar-refractivity contribution in [3.63, 3.8) is 0 Å². The van der Waals surface area contributed by atoms with Gasteiger partial charge in [0, 0.05) is 18.0 Å². The van der Waals surface area contributed by atoms with Gasteiger partial charge in [0.05, 0.1) is 13.2 Å². The molecule has 1 heterocycles. The number of carbonyl (C=O) groups excluding carboxylic acids is 1. The highest BCUT2D eigenvalue weighted by Crippen LogP contribution is 2.40. The molecule has 1 amide bonds. The first-order chi connectivity index (χ1) is 14.8. The Morgan fingerprint density at radius 1 is 1.03 bits per heavy atom. The van der Waals surface area contributed by atoms with E-state index in [1.165, 1.54) is 0 Å². The fourth-order valence-electron chi connectivity index (χ4n) is 4.10. The van der Waals surface area contributed by atoms with Gasteiger partial charge in [-0.1, -0.05) is 66.2 Å². The van der Waals surface area contributed by atoms with Crippen LogP contribution in [0.25, 0.3) is 10.8 Å². The molecule has 4 rings (SSSR count). The summed E-state index contributed by atoms with van der Waals surface area (Å²) in [4.78, 5) is 14.5. The Morgan fingerprint density at radius 3 is 2.48 bits per heavy atom. The minimum atomic E-state index is -0.614. The quantitative estimate of drug-likeness (QED) is 0.464. The summed E-state index contributed by atoms with van der Waals surface area (Å²) >= 11 is 6.04. The maximum absolute atomic E-state index is 12.8. The summed E-state index contributed by atoms with van der Waals surface area (Å²) in [6, 6.07) is 22.3. The predicted molar refractivity (Wildman–Crippen MR) is 124 cm³/mol. The number of carbonyl (C=O) groups is 1. The second-order valence-corrected chi connectivity index (χ2v) is 9.52. The van der Waals surface area contributed by atoms with Gasteiger partial charge in [-0.2, -0.15) is 0 Å². The van der Waals surface area contributed by atoms with E-state index in [0.29, 0.717) is 31.1 Å². The molecule has 0 aliphatic carbocycles. The third-order valence-corrected chi connectivity index (χ3v) is 5.84. The molecule has 1 atom stereocenters. The van der Waals surface area contributed by atoms with E-state index >= 15 is 0 Å². The van der Waals surface area contributed by atoms with E-state index in [1.807, 2.05) is 57.2 Å². The van der Waals surface area contributed by atoms with Crippen LogP contribution in [-0.4, -0.2) is 29.7 Å². The number of amides is 1. The topological polar surface area (TPSA) is 38.8 Å². The van der Waals surface area contributed by atoms with Crippen LogP contribution < -0.4 is 0 Å². The first kappa shape index (κ1) is 21.7. The van der Waals surface area contributed by atoms with Crippen molar-refractivity contribution in [1.82, 2.24) is 4.90 Å². The van der Waals surface area contributed by atoms with Crippen LogP contribution in [0.5, 0.6) is 0 Å². The molecule has 1 unspecified atom stereocenters. The van der Waals surface area contributed by atoms with Crippen LogP contribution in [0.15, 0.2) is 66.7 Å². The van der Waals surface area contributed by atoms with Crippen molar-refractivity contribution in [2.24, 2.45) is 0 Å². The zero-order valence-electron chi connectivity index (χ0n) is 18.2. The normalized spacial score (nSPS) is 19.0.